The quantitative estimate of drug-likeness (QED) is 0.463. The minimum absolute atomic E-state index is 0.0530. The maximum absolute atomic E-state index is 13.4. The molecule has 0 spiro atoms. The molecule has 0 radical (unpaired) electrons. The van der Waals surface area contributed by atoms with Crippen molar-refractivity contribution in [3.05, 3.63) is 56.9 Å². The van der Waals surface area contributed by atoms with E-state index in [1.165, 1.54) is 10.9 Å². The van der Waals surface area contributed by atoms with Crippen LogP contribution in [0, 0.1) is 11.8 Å². The van der Waals surface area contributed by atoms with Gasteiger partial charge >= 0.3 is 5.63 Å². The Morgan fingerprint density at radius 2 is 2.06 bits per heavy atom. The molecule has 2 N–H and O–H groups in total. The van der Waals surface area contributed by atoms with Gasteiger partial charge in [0.15, 0.2) is 5.58 Å². The molecule has 168 valence electrons. The van der Waals surface area contributed by atoms with Crippen molar-refractivity contribution in [3.8, 4) is 11.8 Å². The number of benzene rings is 1. The summed E-state index contributed by atoms with van der Waals surface area (Å²) < 4.78 is 8.36. The first kappa shape index (κ1) is 20.9. The van der Waals surface area contributed by atoms with Gasteiger partial charge in [-0.3, -0.25) is 9.36 Å². The van der Waals surface area contributed by atoms with E-state index in [0.717, 1.165) is 19.4 Å². The lowest BCUT2D eigenvalue weighted by atomic mass is 10.1. The number of fused-ring (bicyclic) bond motifs is 2. The molecule has 4 heterocycles. The van der Waals surface area contributed by atoms with Crippen LogP contribution in [-0.4, -0.2) is 43.4 Å². The fourth-order valence-electron chi connectivity index (χ4n) is 4.15. The molecular weight excluding hydrogens is 422 g/mol. The molecule has 1 fully saturated rings. The standard InChI is InChI=1S/C23H23N7O3/c1-2-3-11-29-20-17(27-23(29)28-10-6-7-15(24)13-28)12-25-30(21(20)31)14-18-22(32)33-19-9-5-4-8-16(19)26-18/h4-5,8-9,12,15H,6-7,10-11,13-14,24H2,1H3. The molecule has 1 atom stereocenters. The molecule has 33 heavy (non-hydrogen) atoms. The van der Waals surface area contributed by atoms with Crippen molar-refractivity contribution in [3.63, 3.8) is 0 Å². The molecule has 1 aliphatic rings. The molecule has 0 amide bonds. The van der Waals surface area contributed by atoms with Gasteiger partial charge in [-0.15, -0.1) is 5.92 Å². The molecule has 1 saturated heterocycles. The third-order valence-electron chi connectivity index (χ3n) is 5.74. The first-order chi connectivity index (χ1) is 16.0. The average molecular weight is 445 g/mol. The summed E-state index contributed by atoms with van der Waals surface area (Å²) in [6, 6.07) is 7.04. The van der Waals surface area contributed by atoms with Crippen LogP contribution in [-0.2, 0) is 13.1 Å². The minimum atomic E-state index is -0.601. The number of hydrogen-bond acceptors (Lipinski definition) is 8. The second-order valence-corrected chi connectivity index (χ2v) is 8.03. The number of piperidine rings is 1. The molecule has 1 aromatic carbocycles. The summed E-state index contributed by atoms with van der Waals surface area (Å²) in [7, 11) is 0. The average Bonchev–Trinajstić information content (AvgIpc) is 3.19. The lowest BCUT2D eigenvalue weighted by Gasteiger charge is -2.31. The predicted molar refractivity (Wildman–Crippen MR) is 124 cm³/mol. The Hall–Kier alpha value is -3.97. The van der Waals surface area contributed by atoms with Crippen LogP contribution in [0.15, 0.2) is 44.5 Å². The Balaban J connectivity index is 1.61. The maximum atomic E-state index is 13.4. The van der Waals surface area contributed by atoms with Crippen molar-refractivity contribution in [2.24, 2.45) is 5.73 Å². The molecule has 3 aromatic heterocycles. The van der Waals surface area contributed by atoms with Crippen molar-refractivity contribution in [1.82, 2.24) is 24.3 Å². The topological polar surface area (TPSA) is 125 Å². The fourth-order valence-corrected chi connectivity index (χ4v) is 4.15. The zero-order chi connectivity index (χ0) is 22.9. The Morgan fingerprint density at radius 3 is 2.88 bits per heavy atom. The highest BCUT2D eigenvalue weighted by Crippen LogP contribution is 2.23. The molecule has 0 bridgehead atoms. The number of nitrogens with zero attached hydrogens (tertiary/aromatic N) is 6. The van der Waals surface area contributed by atoms with E-state index >= 15 is 0 Å². The Bertz CT molecular complexity index is 1520. The first-order valence-corrected chi connectivity index (χ1v) is 10.8. The molecule has 10 nitrogen and oxygen atoms in total. The zero-order valence-electron chi connectivity index (χ0n) is 18.2. The monoisotopic (exact) mass is 445 g/mol. The number of hydrogen-bond donors (Lipinski definition) is 1. The summed E-state index contributed by atoms with van der Waals surface area (Å²) in [5, 5.41) is 4.25. The highest BCUT2D eigenvalue weighted by Gasteiger charge is 2.24. The third kappa shape index (κ3) is 3.87. The van der Waals surface area contributed by atoms with E-state index in [4.69, 9.17) is 10.2 Å². The molecule has 4 aromatic rings. The van der Waals surface area contributed by atoms with E-state index in [-0.39, 0.29) is 23.8 Å². The summed E-state index contributed by atoms with van der Waals surface area (Å²) in [5.74, 6) is 6.56. The first-order valence-electron chi connectivity index (χ1n) is 10.8. The number of anilines is 1. The fraction of sp³-hybridized carbons (Fsp3) is 0.348. The highest BCUT2D eigenvalue weighted by atomic mass is 16.4. The molecule has 5 rings (SSSR count). The van der Waals surface area contributed by atoms with Crippen LogP contribution in [0.4, 0.5) is 5.95 Å². The Morgan fingerprint density at radius 1 is 1.21 bits per heavy atom. The van der Waals surface area contributed by atoms with Gasteiger partial charge in [-0.1, -0.05) is 18.1 Å². The van der Waals surface area contributed by atoms with E-state index in [1.54, 1.807) is 35.8 Å². The molecule has 0 aliphatic carbocycles. The highest BCUT2D eigenvalue weighted by molar-refractivity contribution is 5.77. The van der Waals surface area contributed by atoms with Crippen LogP contribution in [0.1, 0.15) is 25.5 Å². The Kier molecular flexibility index (Phi) is 5.40. The van der Waals surface area contributed by atoms with Crippen molar-refractivity contribution in [2.45, 2.75) is 38.9 Å². The van der Waals surface area contributed by atoms with Gasteiger partial charge in [0, 0.05) is 19.1 Å². The van der Waals surface area contributed by atoms with Crippen molar-refractivity contribution in [1.29, 1.82) is 0 Å². The summed E-state index contributed by atoms with van der Waals surface area (Å²) in [4.78, 5) is 37.0. The van der Waals surface area contributed by atoms with E-state index in [0.29, 0.717) is 41.2 Å². The van der Waals surface area contributed by atoms with Crippen LogP contribution < -0.4 is 21.8 Å². The third-order valence-corrected chi connectivity index (χ3v) is 5.74. The molecule has 10 heteroatoms. The van der Waals surface area contributed by atoms with Gasteiger partial charge in [0.05, 0.1) is 19.3 Å². The zero-order valence-corrected chi connectivity index (χ0v) is 18.2. The Labute approximate surface area is 188 Å². The molecule has 1 aliphatic heterocycles. The second-order valence-electron chi connectivity index (χ2n) is 8.03. The van der Waals surface area contributed by atoms with Gasteiger partial charge in [-0.25, -0.2) is 19.4 Å². The number of aromatic nitrogens is 5. The maximum Gasteiger partial charge on any atom is 0.360 e. The number of nitrogens with two attached hydrogens (primary N) is 1. The van der Waals surface area contributed by atoms with Crippen LogP contribution in [0.5, 0.6) is 0 Å². The minimum Gasteiger partial charge on any atom is -0.420 e. The summed E-state index contributed by atoms with van der Waals surface area (Å²) in [6.07, 6.45) is 3.44. The predicted octanol–water partition coefficient (Wildman–Crippen LogP) is 1.09. The largest absolute Gasteiger partial charge is 0.420 e. The molecular formula is C23H23N7O3. The second kappa shape index (κ2) is 8.52. The van der Waals surface area contributed by atoms with Gasteiger partial charge < -0.3 is 15.1 Å². The summed E-state index contributed by atoms with van der Waals surface area (Å²) in [6.45, 7) is 3.41. The van der Waals surface area contributed by atoms with Gasteiger partial charge in [0.2, 0.25) is 5.95 Å². The smallest absolute Gasteiger partial charge is 0.360 e. The van der Waals surface area contributed by atoms with E-state index in [9.17, 15) is 9.59 Å². The van der Waals surface area contributed by atoms with E-state index < -0.39 is 5.63 Å². The lowest BCUT2D eigenvalue weighted by molar-refractivity contribution is 0.496. The van der Waals surface area contributed by atoms with Crippen molar-refractivity contribution < 1.29 is 4.42 Å². The van der Waals surface area contributed by atoms with Crippen LogP contribution in [0.25, 0.3) is 22.1 Å². The lowest BCUT2D eigenvalue weighted by Crippen LogP contribution is -2.44. The van der Waals surface area contributed by atoms with Crippen LogP contribution in [0.2, 0.25) is 0 Å². The van der Waals surface area contributed by atoms with E-state index in [2.05, 4.69) is 31.8 Å². The van der Waals surface area contributed by atoms with E-state index in [1.807, 2.05) is 0 Å². The summed E-state index contributed by atoms with van der Waals surface area (Å²) in [5.41, 5.74) is 7.08. The SMILES string of the molecule is CC#CCn1c(N2CCCC(N)C2)nc2cnn(Cc3nc4ccccc4oc3=O)c(=O)c21. The number of rotatable bonds is 4. The van der Waals surface area contributed by atoms with Crippen LogP contribution >= 0.6 is 0 Å². The van der Waals surface area contributed by atoms with Crippen LogP contribution in [0.3, 0.4) is 0 Å². The summed E-state index contributed by atoms with van der Waals surface area (Å²) >= 11 is 0. The van der Waals surface area contributed by atoms with Crippen molar-refractivity contribution >= 4 is 28.1 Å². The van der Waals surface area contributed by atoms with Crippen molar-refractivity contribution in [2.75, 3.05) is 18.0 Å². The van der Waals surface area contributed by atoms with Gasteiger partial charge in [0.25, 0.3) is 5.56 Å². The molecule has 1 unspecified atom stereocenters. The van der Waals surface area contributed by atoms with Gasteiger partial charge in [-0.2, -0.15) is 5.10 Å². The van der Waals surface area contributed by atoms with Gasteiger partial charge in [-0.05, 0) is 31.9 Å². The normalized spacial score (nSPS) is 16.2. The number of para-hydroxylation sites is 2. The number of imidazole rings is 1. The van der Waals surface area contributed by atoms with Gasteiger partial charge in [0.1, 0.15) is 22.2 Å². The molecule has 0 saturated carbocycles.